The minimum atomic E-state index is -0.0174. The summed E-state index contributed by atoms with van der Waals surface area (Å²) in [6.07, 6.45) is 38.5. The van der Waals surface area contributed by atoms with E-state index in [0.717, 1.165) is 64.6 Å². The lowest BCUT2D eigenvalue weighted by molar-refractivity contribution is -0.150. The molecule has 6 heteroatoms. The maximum Gasteiger partial charge on any atom is 0.306 e. The van der Waals surface area contributed by atoms with Crippen LogP contribution in [0.1, 0.15) is 233 Å². The lowest BCUT2D eigenvalue weighted by Crippen LogP contribution is -2.29. The van der Waals surface area contributed by atoms with Crippen molar-refractivity contribution in [1.82, 2.24) is 4.90 Å². The molecule has 0 aliphatic heterocycles. The van der Waals surface area contributed by atoms with Gasteiger partial charge in [-0.3, -0.25) is 9.59 Å². The van der Waals surface area contributed by atoms with Gasteiger partial charge in [0.25, 0.3) is 0 Å². The Morgan fingerprint density at radius 1 is 0.460 bits per heavy atom. The second kappa shape index (κ2) is 40.6. The Bertz CT molecular complexity index is 690. The van der Waals surface area contributed by atoms with E-state index in [2.05, 4.69) is 25.7 Å². The third-order valence-electron chi connectivity index (χ3n) is 10.2. The molecule has 0 bridgehead atoms. The summed E-state index contributed by atoms with van der Waals surface area (Å²) >= 11 is 0. The smallest absolute Gasteiger partial charge is 0.306 e. The topological polar surface area (TPSA) is 76.1 Å². The fourth-order valence-corrected chi connectivity index (χ4v) is 6.88. The number of carbonyl (C=O) groups excluding carboxylic acids is 2. The van der Waals surface area contributed by atoms with Crippen LogP contribution in [0.4, 0.5) is 0 Å². The first-order valence-corrected chi connectivity index (χ1v) is 22.3. The molecule has 0 atom stereocenters. The molecule has 0 aliphatic rings. The maximum absolute atomic E-state index is 12.5. The molecule has 0 rings (SSSR count). The van der Waals surface area contributed by atoms with Crippen LogP contribution < -0.4 is 0 Å². The Kier molecular flexibility index (Phi) is 39.7. The van der Waals surface area contributed by atoms with E-state index in [1.165, 1.54) is 154 Å². The van der Waals surface area contributed by atoms with Crippen LogP contribution in [-0.4, -0.2) is 60.9 Å². The molecular formula is C44H87NO5. The van der Waals surface area contributed by atoms with Gasteiger partial charge in [-0.1, -0.05) is 162 Å². The van der Waals surface area contributed by atoms with Crippen molar-refractivity contribution in [3.05, 3.63) is 0 Å². The van der Waals surface area contributed by atoms with Gasteiger partial charge in [0.1, 0.15) is 6.10 Å². The zero-order valence-electron chi connectivity index (χ0n) is 34.0. The first kappa shape index (κ1) is 48.9. The van der Waals surface area contributed by atoms with Gasteiger partial charge in [-0.15, -0.1) is 0 Å². The predicted molar refractivity (Wildman–Crippen MR) is 214 cm³/mol. The summed E-state index contributed by atoms with van der Waals surface area (Å²) in [6.45, 7) is 10.5. The van der Waals surface area contributed by atoms with Crippen molar-refractivity contribution in [2.75, 3.05) is 32.8 Å². The highest BCUT2D eigenvalue weighted by atomic mass is 16.5. The van der Waals surface area contributed by atoms with Gasteiger partial charge in [-0.25, -0.2) is 0 Å². The summed E-state index contributed by atoms with van der Waals surface area (Å²) in [5, 5.41) is 9.52. The molecule has 0 radical (unpaired) electrons. The van der Waals surface area contributed by atoms with Gasteiger partial charge in [0.2, 0.25) is 0 Å². The molecule has 0 saturated carbocycles. The minimum Gasteiger partial charge on any atom is -0.466 e. The van der Waals surface area contributed by atoms with Gasteiger partial charge in [0, 0.05) is 19.4 Å². The zero-order chi connectivity index (χ0) is 36.6. The minimum absolute atomic E-state index is 0.0174. The van der Waals surface area contributed by atoms with Crippen molar-refractivity contribution in [3.63, 3.8) is 0 Å². The molecule has 0 aromatic heterocycles. The van der Waals surface area contributed by atoms with Gasteiger partial charge >= 0.3 is 11.9 Å². The molecule has 0 aromatic carbocycles. The number of carbonyl (C=O) groups is 2. The molecule has 0 aromatic rings. The lowest BCUT2D eigenvalue weighted by Gasteiger charge is -2.21. The van der Waals surface area contributed by atoms with E-state index in [-0.39, 0.29) is 24.6 Å². The summed E-state index contributed by atoms with van der Waals surface area (Å²) in [6, 6.07) is 0. The first-order valence-electron chi connectivity index (χ1n) is 22.3. The van der Waals surface area contributed by atoms with Crippen LogP contribution in [0, 0.1) is 0 Å². The third-order valence-corrected chi connectivity index (χ3v) is 10.2. The van der Waals surface area contributed by atoms with Gasteiger partial charge in [0.15, 0.2) is 0 Å². The van der Waals surface area contributed by atoms with Gasteiger partial charge in [-0.05, 0) is 70.9 Å². The number of hydrogen-bond acceptors (Lipinski definition) is 6. The van der Waals surface area contributed by atoms with Crippen molar-refractivity contribution < 1.29 is 24.2 Å². The van der Waals surface area contributed by atoms with E-state index in [9.17, 15) is 14.7 Å². The second-order valence-electron chi connectivity index (χ2n) is 15.2. The molecule has 0 saturated heterocycles. The first-order chi connectivity index (χ1) is 24.6. The van der Waals surface area contributed by atoms with E-state index in [0.29, 0.717) is 19.4 Å². The van der Waals surface area contributed by atoms with Crippen LogP contribution >= 0.6 is 0 Å². The summed E-state index contributed by atoms with van der Waals surface area (Å²) in [4.78, 5) is 26.8. The van der Waals surface area contributed by atoms with Crippen molar-refractivity contribution in [3.8, 4) is 0 Å². The van der Waals surface area contributed by atoms with E-state index in [1.54, 1.807) is 0 Å². The molecule has 6 nitrogen and oxygen atoms in total. The maximum atomic E-state index is 12.5. The van der Waals surface area contributed by atoms with Crippen LogP contribution in [0.15, 0.2) is 0 Å². The van der Waals surface area contributed by atoms with Crippen molar-refractivity contribution in [2.24, 2.45) is 0 Å². The molecule has 0 unspecified atom stereocenters. The second-order valence-corrected chi connectivity index (χ2v) is 15.2. The van der Waals surface area contributed by atoms with Crippen LogP contribution in [0.5, 0.6) is 0 Å². The summed E-state index contributed by atoms with van der Waals surface area (Å²) in [5.41, 5.74) is 0. The molecule has 0 amide bonds. The highest BCUT2D eigenvalue weighted by Crippen LogP contribution is 2.18. The van der Waals surface area contributed by atoms with Crippen molar-refractivity contribution in [2.45, 2.75) is 239 Å². The summed E-state index contributed by atoms with van der Waals surface area (Å²) in [7, 11) is 0. The molecule has 0 spiro atoms. The molecule has 0 fully saturated rings. The van der Waals surface area contributed by atoms with E-state index in [4.69, 9.17) is 9.47 Å². The van der Waals surface area contributed by atoms with Gasteiger partial charge < -0.3 is 19.5 Å². The Balaban J connectivity index is 3.71. The highest BCUT2D eigenvalue weighted by Gasteiger charge is 2.14. The Morgan fingerprint density at radius 3 is 1.30 bits per heavy atom. The van der Waals surface area contributed by atoms with Crippen LogP contribution in [-0.2, 0) is 19.1 Å². The standard InChI is InChI=1S/C44H87NO5/c1-4-7-10-25-32-41-49-43(47)35-28-21-18-16-20-24-31-38-45(39-40-46)37-30-23-19-15-13-14-17-22-29-36-44(48)50-42(33-26-11-8-5-2)34-27-12-9-6-3/h42,46H,4-41H2,1-3H3. The molecule has 1 N–H and O–H groups in total. The van der Waals surface area contributed by atoms with E-state index < -0.39 is 0 Å². The molecule has 298 valence electrons. The Hall–Kier alpha value is -1.14. The fourth-order valence-electron chi connectivity index (χ4n) is 6.88. The summed E-state index contributed by atoms with van der Waals surface area (Å²) in [5.74, 6) is 0.0122. The number of rotatable bonds is 41. The van der Waals surface area contributed by atoms with Crippen LogP contribution in [0.2, 0.25) is 0 Å². The number of ether oxygens (including phenoxy) is 2. The fraction of sp³-hybridized carbons (Fsp3) is 0.955. The van der Waals surface area contributed by atoms with Gasteiger partial charge in [0.05, 0.1) is 13.2 Å². The zero-order valence-corrected chi connectivity index (χ0v) is 34.0. The van der Waals surface area contributed by atoms with Gasteiger partial charge in [-0.2, -0.15) is 0 Å². The molecule has 0 heterocycles. The molecular weight excluding hydrogens is 622 g/mol. The number of esters is 2. The number of aliphatic hydroxyl groups is 1. The number of aliphatic hydroxyl groups excluding tert-OH is 1. The number of hydrogen-bond donors (Lipinski definition) is 1. The van der Waals surface area contributed by atoms with Crippen molar-refractivity contribution >= 4 is 11.9 Å². The monoisotopic (exact) mass is 710 g/mol. The summed E-state index contributed by atoms with van der Waals surface area (Å²) < 4.78 is 11.3. The molecule has 0 aliphatic carbocycles. The SMILES string of the molecule is CCCCCCCOC(=O)CCCCCCCCCN(CCO)CCCCCCCCCCCC(=O)OC(CCCCCC)CCCCCC. The molecule has 50 heavy (non-hydrogen) atoms. The average molecular weight is 710 g/mol. The highest BCUT2D eigenvalue weighted by molar-refractivity contribution is 5.69. The normalized spacial score (nSPS) is 11.6. The Labute approximate surface area is 312 Å². The van der Waals surface area contributed by atoms with Crippen LogP contribution in [0.25, 0.3) is 0 Å². The van der Waals surface area contributed by atoms with E-state index >= 15 is 0 Å². The number of unbranched alkanes of at least 4 members (excludes halogenated alkanes) is 24. The Morgan fingerprint density at radius 2 is 0.840 bits per heavy atom. The van der Waals surface area contributed by atoms with E-state index in [1.807, 2.05) is 0 Å². The quantitative estimate of drug-likeness (QED) is 0.0503. The lowest BCUT2D eigenvalue weighted by atomic mass is 10.0. The number of nitrogens with zero attached hydrogens (tertiary/aromatic N) is 1. The van der Waals surface area contributed by atoms with Crippen LogP contribution in [0.3, 0.4) is 0 Å². The largest absolute Gasteiger partial charge is 0.466 e. The third kappa shape index (κ3) is 36.6. The predicted octanol–water partition coefficient (Wildman–Crippen LogP) is 12.7. The average Bonchev–Trinajstić information content (AvgIpc) is 3.11. The van der Waals surface area contributed by atoms with Crippen molar-refractivity contribution in [1.29, 1.82) is 0 Å².